The van der Waals surface area contributed by atoms with Crippen molar-refractivity contribution in [2.24, 2.45) is 5.41 Å². The summed E-state index contributed by atoms with van der Waals surface area (Å²) in [6.07, 6.45) is 1.31. The third-order valence-corrected chi connectivity index (χ3v) is 6.10. The van der Waals surface area contributed by atoms with Crippen LogP contribution in [-0.4, -0.2) is 26.8 Å². The molecule has 6 heteroatoms. The molecule has 0 unspecified atom stereocenters. The smallest absolute Gasteiger partial charge is 0.231 e. The maximum atomic E-state index is 13.4. The maximum absolute atomic E-state index is 13.4. The number of nitrogens with one attached hydrogen (secondary N) is 1. The van der Waals surface area contributed by atoms with Crippen molar-refractivity contribution in [3.05, 3.63) is 52.7 Å². The Morgan fingerprint density at radius 2 is 1.77 bits per heavy atom. The van der Waals surface area contributed by atoms with Gasteiger partial charge in [-0.3, -0.25) is 4.79 Å². The van der Waals surface area contributed by atoms with E-state index in [1.54, 1.807) is 14.2 Å². The summed E-state index contributed by atoms with van der Waals surface area (Å²) in [6.45, 7) is 4.46. The number of allylic oxidation sites excluding steroid dienone is 2. The molecule has 0 amide bonds. The predicted molar refractivity (Wildman–Crippen MR) is 113 cm³/mol. The van der Waals surface area contributed by atoms with Crippen LogP contribution in [0.15, 0.2) is 41.6 Å². The molecule has 0 radical (unpaired) electrons. The fourth-order valence-electron chi connectivity index (χ4n) is 4.79. The lowest BCUT2D eigenvalue weighted by Gasteiger charge is -2.39. The van der Waals surface area contributed by atoms with Crippen LogP contribution in [-0.2, 0) is 4.79 Å². The summed E-state index contributed by atoms with van der Waals surface area (Å²) in [6, 6.07) is 9.66. The highest BCUT2D eigenvalue weighted by atomic mass is 16.7. The number of fused-ring (bicyclic) bond motifs is 2. The van der Waals surface area contributed by atoms with Gasteiger partial charge in [0.2, 0.25) is 6.79 Å². The van der Waals surface area contributed by atoms with Crippen molar-refractivity contribution in [2.75, 3.05) is 26.3 Å². The van der Waals surface area contributed by atoms with Crippen LogP contribution < -0.4 is 24.3 Å². The molecule has 5 rings (SSSR count). The number of carbonyl (C=O) groups is 1. The normalized spacial score (nSPS) is 20.9. The fraction of sp³-hybridized carbons (Fsp3) is 0.375. The van der Waals surface area contributed by atoms with E-state index in [4.69, 9.17) is 18.9 Å². The number of rotatable bonds is 3. The molecule has 0 aromatic heterocycles. The molecule has 1 atom stereocenters. The summed E-state index contributed by atoms with van der Waals surface area (Å²) < 4.78 is 22.4. The van der Waals surface area contributed by atoms with E-state index in [1.807, 2.05) is 30.3 Å². The van der Waals surface area contributed by atoms with Crippen LogP contribution in [0.2, 0.25) is 0 Å². The summed E-state index contributed by atoms with van der Waals surface area (Å²) in [4.78, 5) is 13.4. The number of hydrogen-bond donors (Lipinski definition) is 1. The topological polar surface area (TPSA) is 66.0 Å². The lowest BCUT2D eigenvalue weighted by molar-refractivity contribution is -0.118. The molecule has 1 N–H and O–H groups in total. The lowest BCUT2D eigenvalue weighted by atomic mass is 9.68. The van der Waals surface area contributed by atoms with Crippen molar-refractivity contribution in [1.29, 1.82) is 0 Å². The largest absolute Gasteiger partial charge is 0.497 e. The molecule has 6 nitrogen and oxygen atoms in total. The van der Waals surface area contributed by atoms with Crippen LogP contribution in [0.4, 0.5) is 5.69 Å². The standard InChI is InChI=1S/C24H25NO5/c1-24(2)10-17-23(18(26)11-24)22(15-7-13(27-3)5-6-19(15)28-4)14-8-20-21(30-12-29-20)9-16(14)25-17/h5-9,22,25H,10-12H2,1-4H3/t22-/m1/s1. The van der Waals surface area contributed by atoms with E-state index in [-0.39, 0.29) is 23.9 Å². The van der Waals surface area contributed by atoms with Gasteiger partial charge in [-0.1, -0.05) is 13.8 Å². The van der Waals surface area contributed by atoms with Gasteiger partial charge in [0, 0.05) is 40.9 Å². The van der Waals surface area contributed by atoms with E-state index in [0.717, 1.165) is 46.0 Å². The van der Waals surface area contributed by atoms with Gasteiger partial charge >= 0.3 is 0 Å². The molecular weight excluding hydrogens is 382 g/mol. The van der Waals surface area contributed by atoms with Crippen molar-refractivity contribution >= 4 is 11.5 Å². The molecule has 0 bridgehead atoms. The van der Waals surface area contributed by atoms with Gasteiger partial charge in [0.25, 0.3) is 0 Å². The second kappa shape index (κ2) is 6.69. The first-order valence-electron chi connectivity index (χ1n) is 10.1. The number of hydrogen-bond acceptors (Lipinski definition) is 6. The summed E-state index contributed by atoms with van der Waals surface area (Å²) in [5.74, 6) is 2.72. The number of Topliss-reactive ketones (excluding diaryl/α,β-unsaturated/α-hetero) is 1. The number of anilines is 1. The highest BCUT2D eigenvalue weighted by Crippen LogP contribution is 2.53. The molecule has 3 aliphatic rings. The molecule has 2 aliphatic heterocycles. The number of carbonyl (C=O) groups excluding carboxylic acids is 1. The molecule has 2 aromatic rings. The minimum absolute atomic E-state index is 0.0974. The maximum Gasteiger partial charge on any atom is 0.231 e. The van der Waals surface area contributed by atoms with Crippen LogP contribution in [0, 0.1) is 5.41 Å². The minimum atomic E-state index is -0.278. The molecule has 30 heavy (non-hydrogen) atoms. The van der Waals surface area contributed by atoms with Crippen molar-refractivity contribution in [3.8, 4) is 23.0 Å². The van der Waals surface area contributed by atoms with Gasteiger partial charge in [-0.15, -0.1) is 0 Å². The van der Waals surface area contributed by atoms with Crippen molar-refractivity contribution in [3.63, 3.8) is 0 Å². The van der Waals surface area contributed by atoms with Crippen LogP contribution in [0.25, 0.3) is 0 Å². The summed E-state index contributed by atoms with van der Waals surface area (Å²) >= 11 is 0. The first kappa shape index (κ1) is 18.9. The molecule has 0 saturated carbocycles. The van der Waals surface area contributed by atoms with E-state index in [9.17, 15) is 4.79 Å². The molecule has 156 valence electrons. The zero-order chi connectivity index (χ0) is 21.0. The van der Waals surface area contributed by atoms with Gasteiger partial charge in [-0.25, -0.2) is 0 Å². The molecule has 0 saturated heterocycles. The van der Waals surface area contributed by atoms with E-state index >= 15 is 0 Å². The van der Waals surface area contributed by atoms with E-state index < -0.39 is 0 Å². The highest BCUT2D eigenvalue weighted by molar-refractivity contribution is 6.02. The predicted octanol–water partition coefficient (Wildman–Crippen LogP) is 4.63. The van der Waals surface area contributed by atoms with Crippen LogP contribution in [0.5, 0.6) is 23.0 Å². The zero-order valence-electron chi connectivity index (χ0n) is 17.6. The summed E-state index contributed by atoms with van der Waals surface area (Å²) in [7, 11) is 3.28. The third-order valence-electron chi connectivity index (χ3n) is 6.10. The Morgan fingerprint density at radius 3 is 2.50 bits per heavy atom. The van der Waals surface area contributed by atoms with Crippen molar-refractivity contribution < 1.29 is 23.7 Å². The van der Waals surface area contributed by atoms with Gasteiger partial charge in [0.1, 0.15) is 11.5 Å². The second-order valence-corrected chi connectivity index (χ2v) is 8.79. The van der Waals surface area contributed by atoms with Crippen LogP contribution in [0.1, 0.15) is 43.7 Å². The Kier molecular flexibility index (Phi) is 4.20. The molecule has 2 heterocycles. The van der Waals surface area contributed by atoms with Gasteiger partial charge in [0.05, 0.1) is 14.2 Å². The number of methoxy groups -OCH3 is 2. The Bertz CT molecular complexity index is 1090. The third kappa shape index (κ3) is 2.90. The van der Waals surface area contributed by atoms with E-state index in [0.29, 0.717) is 17.9 Å². The first-order chi connectivity index (χ1) is 14.4. The van der Waals surface area contributed by atoms with Gasteiger partial charge in [-0.2, -0.15) is 0 Å². The van der Waals surface area contributed by atoms with Gasteiger partial charge in [-0.05, 0) is 41.7 Å². The van der Waals surface area contributed by atoms with Crippen molar-refractivity contribution in [2.45, 2.75) is 32.6 Å². The Morgan fingerprint density at radius 1 is 1.00 bits per heavy atom. The average Bonchev–Trinajstić information content (AvgIpc) is 3.16. The molecule has 0 fully saturated rings. The zero-order valence-corrected chi connectivity index (χ0v) is 17.6. The Hall–Kier alpha value is -3.15. The average molecular weight is 407 g/mol. The monoisotopic (exact) mass is 407 g/mol. The molecule has 0 spiro atoms. The quantitative estimate of drug-likeness (QED) is 0.800. The molecule has 1 aliphatic carbocycles. The second-order valence-electron chi connectivity index (χ2n) is 8.79. The van der Waals surface area contributed by atoms with Crippen LogP contribution >= 0.6 is 0 Å². The van der Waals surface area contributed by atoms with Crippen molar-refractivity contribution in [1.82, 2.24) is 0 Å². The number of ketones is 1. The van der Waals surface area contributed by atoms with Gasteiger partial charge in [0.15, 0.2) is 17.3 Å². The minimum Gasteiger partial charge on any atom is -0.497 e. The highest BCUT2D eigenvalue weighted by Gasteiger charge is 2.42. The van der Waals surface area contributed by atoms with E-state index in [1.165, 1.54) is 0 Å². The Balaban J connectivity index is 1.77. The van der Waals surface area contributed by atoms with E-state index in [2.05, 4.69) is 19.2 Å². The summed E-state index contributed by atoms with van der Waals surface area (Å²) in [5, 5.41) is 3.53. The molecular formula is C24H25NO5. The molecule has 2 aromatic carbocycles. The SMILES string of the molecule is COc1ccc(OC)c([C@@H]2C3=C(CC(C)(C)CC3=O)Nc3cc4c(cc32)OCO4)c1. The first-order valence-corrected chi connectivity index (χ1v) is 10.1. The van der Waals surface area contributed by atoms with Crippen LogP contribution in [0.3, 0.4) is 0 Å². The lowest BCUT2D eigenvalue weighted by Crippen LogP contribution is -2.33. The van der Waals surface area contributed by atoms with Gasteiger partial charge < -0.3 is 24.3 Å². The number of ether oxygens (including phenoxy) is 4. The summed E-state index contributed by atoms with van der Waals surface area (Å²) in [5.41, 5.74) is 4.47. The Labute approximate surface area is 175 Å². The fourth-order valence-corrected chi connectivity index (χ4v) is 4.79. The number of benzene rings is 2.